The molecule has 3 amide bonds. The number of rotatable bonds is 11. The molecule has 5 rings (SSSR count). The van der Waals surface area contributed by atoms with Crippen LogP contribution in [0.15, 0.2) is 84.9 Å². The van der Waals surface area contributed by atoms with Gasteiger partial charge in [-0.15, -0.1) is 0 Å². The highest BCUT2D eigenvalue weighted by Crippen LogP contribution is 2.32. The second-order valence-corrected chi connectivity index (χ2v) is 13.0. The smallest absolute Gasteiger partial charge is 0.246 e. The molecule has 1 saturated carbocycles. The van der Waals surface area contributed by atoms with Crippen LogP contribution in [0.4, 0.5) is 0 Å². The third-order valence-electron chi connectivity index (χ3n) is 9.66. The summed E-state index contributed by atoms with van der Waals surface area (Å²) in [7, 11) is 5.44. The molecule has 8 heteroatoms. The molecule has 3 aromatic carbocycles. The van der Waals surface area contributed by atoms with Gasteiger partial charge < -0.3 is 25.3 Å². The van der Waals surface area contributed by atoms with Gasteiger partial charge in [-0.1, -0.05) is 78.9 Å². The number of fused-ring (bicyclic) bond motifs is 1. The van der Waals surface area contributed by atoms with Crippen LogP contribution >= 0.6 is 0 Å². The minimum Gasteiger partial charge on any atom is -0.338 e. The van der Waals surface area contributed by atoms with Crippen LogP contribution in [0.5, 0.6) is 0 Å². The van der Waals surface area contributed by atoms with E-state index in [2.05, 4.69) is 24.1 Å². The fourth-order valence-electron chi connectivity index (χ4n) is 6.33. The van der Waals surface area contributed by atoms with Crippen LogP contribution in [0.25, 0.3) is 10.8 Å². The average molecular weight is 610 g/mol. The fraction of sp³-hybridized carbons (Fsp3) is 0.432. The van der Waals surface area contributed by atoms with Gasteiger partial charge in [0.2, 0.25) is 17.7 Å². The number of likely N-dealkylation sites (N-methyl/N-ethyl adjacent to an activating group) is 3. The maximum atomic E-state index is 14.5. The lowest BCUT2D eigenvalue weighted by atomic mass is 9.75. The molecule has 0 bridgehead atoms. The topological polar surface area (TPSA) is 90.2 Å². The SMILES string of the molecule is CN1CCN(C(=O)[C@@H](Cc2ccccc2)N(C)C(=O)[C@@H](Cc2ccc3ccccc3c2)N(C)C(=O)C=CCC2(N)CCC2)CC1. The van der Waals surface area contributed by atoms with Crippen LogP contribution in [-0.4, -0.2) is 102 Å². The van der Waals surface area contributed by atoms with Crippen LogP contribution < -0.4 is 5.73 Å². The molecule has 0 radical (unpaired) electrons. The molecule has 45 heavy (non-hydrogen) atoms. The zero-order chi connectivity index (χ0) is 32.0. The lowest BCUT2D eigenvalue weighted by Gasteiger charge is -2.39. The molecule has 1 saturated heterocycles. The highest BCUT2D eigenvalue weighted by molar-refractivity contribution is 5.95. The number of nitrogens with two attached hydrogens (primary N) is 1. The summed E-state index contributed by atoms with van der Waals surface area (Å²) in [5.41, 5.74) is 8.08. The van der Waals surface area contributed by atoms with Crippen LogP contribution in [0.3, 0.4) is 0 Å². The molecular weight excluding hydrogens is 562 g/mol. The number of hydrogen-bond acceptors (Lipinski definition) is 5. The third kappa shape index (κ3) is 7.99. The highest BCUT2D eigenvalue weighted by atomic mass is 16.2. The van der Waals surface area contributed by atoms with E-state index in [-0.39, 0.29) is 23.3 Å². The van der Waals surface area contributed by atoms with Crippen LogP contribution in [0.1, 0.15) is 36.8 Å². The van der Waals surface area contributed by atoms with Gasteiger partial charge in [0.15, 0.2) is 0 Å². The van der Waals surface area contributed by atoms with Crippen molar-refractivity contribution >= 4 is 28.5 Å². The largest absolute Gasteiger partial charge is 0.338 e. The maximum Gasteiger partial charge on any atom is 0.246 e. The number of carbonyl (C=O) groups excluding carboxylic acids is 3. The van der Waals surface area contributed by atoms with Crippen molar-refractivity contribution in [1.82, 2.24) is 19.6 Å². The Labute approximate surface area is 267 Å². The third-order valence-corrected chi connectivity index (χ3v) is 9.66. The summed E-state index contributed by atoms with van der Waals surface area (Å²) in [6.07, 6.45) is 7.77. The van der Waals surface area contributed by atoms with E-state index in [1.807, 2.05) is 71.6 Å². The fourth-order valence-corrected chi connectivity index (χ4v) is 6.33. The Balaban J connectivity index is 1.42. The molecule has 2 aliphatic rings. The van der Waals surface area contributed by atoms with Crippen molar-refractivity contribution in [2.45, 2.75) is 56.1 Å². The number of hydrogen-bond donors (Lipinski definition) is 1. The van der Waals surface area contributed by atoms with Gasteiger partial charge in [0.25, 0.3) is 0 Å². The molecular formula is C37H47N5O3. The Hall–Kier alpha value is -4.01. The van der Waals surface area contributed by atoms with E-state index in [1.54, 1.807) is 25.1 Å². The second-order valence-electron chi connectivity index (χ2n) is 13.0. The van der Waals surface area contributed by atoms with Crippen molar-refractivity contribution in [3.63, 3.8) is 0 Å². The lowest BCUT2D eigenvalue weighted by Crippen LogP contribution is -2.58. The molecule has 1 aliphatic heterocycles. The van der Waals surface area contributed by atoms with Crippen molar-refractivity contribution in [2.24, 2.45) is 5.73 Å². The number of benzene rings is 3. The molecule has 2 atom stereocenters. The first kappa shape index (κ1) is 32.4. The predicted octanol–water partition coefficient (Wildman–Crippen LogP) is 3.88. The van der Waals surface area contributed by atoms with Crippen molar-refractivity contribution in [1.29, 1.82) is 0 Å². The van der Waals surface area contributed by atoms with E-state index < -0.39 is 12.1 Å². The summed E-state index contributed by atoms with van der Waals surface area (Å²) < 4.78 is 0. The van der Waals surface area contributed by atoms with E-state index in [4.69, 9.17) is 5.73 Å². The highest BCUT2D eigenvalue weighted by Gasteiger charge is 2.37. The molecule has 2 N–H and O–H groups in total. The lowest BCUT2D eigenvalue weighted by molar-refractivity contribution is -0.149. The molecule has 0 aromatic heterocycles. The first-order valence-electron chi connectivity index (χ1n) is 16.1. The number of carbonyl (C=O) groups is 3. The second kappa shape index (κ2) is 14.4. The van der Waals surface area contributed by atoms with E-state index in [9.17, 15) is 14.4 Å². The molecule has 0 spiro atoms. The van der Waals surface area contributed by atoms with Crippen LogP contribution in [0, 0.1) is 0 Å². The van der Waals surface area contributed by atoms with Gasteiger partial charge in [-0.25, -0.2) is 0 Å². The van der Waals surface area contributed by atoms with Gasteiger partial charge in [0.05, 0.1) is 0 Å². The van der Waals surface area contributed by atoms with E-state index in [1.165, 1.54) is 4.90 Å². The molecule has 0 unspecified atom stereocenters. The first-order valence-corrected chi connectivity index (χ1v) is 16.1. The quantitative estimate of drug-likeness (QED) is 0.334. The molecule has 8 nitrogen and oxygen atoms in total. The van der Waals surface area contributed by atoms with Gasteiger partial charge in [-0.3, -0.25) is 14.4 Å². The summed E-state index contributed by atoms with van der Waals surface area (Å²) in [4.78, 5) is 49.3. The number of nitrogens with zero attached hydrogens (tertiary/aromatic N) is 4. The molecule has 1 heterocycles. The Morgan fingerprint density at radius 2 is 1.47 bits per heavy atom. The Morgan fingerprint density at radius 1 is 0.822 bits per heavy atom. The summed E-state index contributed by atoms with van der Waals surface area (Å²) in [6, 6.07) is 22.6. The summed E-state index contributed by atoms with van der Waals surface area (Å²) >= 11 is 0. The Kier molecular flexibility index (Phi) is 10.4. The first-order chi connectivity index (χ1) is 21.6. The Morgan fingerprint density at radius 3 is 2.13 bits per heavy atom. The summed E-state index contributed by atoms with van der Waals surface area (Å²) in [6.45, 7) is 2.82. The van der Waals surface area contributed by atoms with Gasteiger partial charge in [-0.2, -0.15) is 0 Å². The normalized spacial score (nSPS) is 17.9. The minimum atomic E-state index is -0.803. The van der Waals surface area contributed by atoms with Gasteiger partial charge in [0, 0.05) is 58.7 Å². The van der Waals surface area contributed by atoms with Crippen molar-refractivity contribution in [3.8, 4) is 0 Å². The average Bonchev–Trinajstić information content (AvgIpc) is 3.04. The number of piperazine rings is 1. The number of amides is 3. The van der Waals surface area contributed by atoms with Crippen molar-refractivity contribution in [3.05, 3.63) is 96.1 Å². The van der Waals surface area contributed by atoms with E-state index in [0.29, 0.717) is 32.4 Å². The van der Waals surface area contributed by atoms with Gasteiger partial charge in [-0.05, 0) is 60.7 Å². The molecule has 238 valence electrons. The minimum absolute atomic E-state index is 0.0603. The zero-order valence-electron chi connectivity index (χ0n) is 26.9. The monoisotopic (exact) mass is 609 g/mol. The van der Waals surface area contributed by atoms with E-state index in [0.717, 1.165) is 54.3 Å². The van der Waals surface area contributed by atoms with Gasteiger partial charge >= 0.3 is 0 Å². The van der Waals surface area contributed by atoms with Gasteiger partial charge in [0.1, 0.15) is 12.1 Å². The van der Waals surface area contributed by atoms with Crippen molar-refractivity contribution < 1.29 is 14.4 Å². The zero-order valence-corrected chi connectivity index (χ0v) is 26.9. The Bertz CT molecular complexity index is 1510. The summed E-state index contributed by atoms with van der Waals surface area (Å²) in [5.74, 6) is -0.574. The standard InChI is InChI=1S/C37H47N5O3/c1-39-21-23-42(24-22-39)36(45)33(26-28-11-5-4-6-12-28)41(3)35(44)32(27-29-16-17-30-13-7-8-14-31(30)25-29)40(2)34(43)15-9-18-37(38)19-10-20-37/h4-9,11-17,25,32-33H,10,18-24,26-27,38H2,1-3H3/t32-,33-/m1/s1. The molecule has 3 aromatic rings. The summed E-state index contributed by atoms with van der Waals surface area (Å²) in [5, 5.41) is 2.19. The molecule has 1 aliphatic carbocycles. The van der Waals surface area contributed by atoms with E-state index >= 15 is 0 Å². The van der Waals surface area contributed by atoms with Crippen LogP contribution in [0.2, 0.25) is 0 Å². The predicted molar refractivity (Wildman–Crippen MR) is 180 cm³/mol. The maximum absolute atomic E-state index is 14.5. The molecule has 2 fully saturated rings. The van der Waals surface area contributed by atoms with Crippen LogP contribution in [-0.2, 0) is 27.2 Å². The van der Waals surface area contributed by atoms with Crippen molar-refractivity contribution in [2.75, 3.05) is 47.3 Å².